The van der Waals surface area contributed by atoms with Crippen LogP contribution in [0.2, 0.25) is 0 Å². The molecular weight excluding hydrogens is 662 g/mol. The summed E-state index contributed by atoms with van der Waals surface area (Å²) in [5.74, 6) is 0.000402. The molecule has 5 rings (SSSR count). The first-order valence-electron chi connectivity index (χ1n) is 11.3. The maximum Gasteiger partial charge on any atom is 0.323 e. The Morgan fingerprint density at radius 2 is 1.76 bits per heavy atom. The summed E-state index contributed by atoms with van der Waals surface area (Å²) in [6, 6.07) is 25.2. The molecule has 190 valence electrons. The highest BCUT2D eigenvalue weighted by Gasteiger charge is 2.13. The van der Waals surface area contributed by atoms with Gasteiger partial charge < -0.3 is 16.4 Å². The topological polar surface area (TPSA) is 120 Å². The second-order valence-corrected chi connectivity index (χ2v) is 10.2. The second-order valence-electron chi connectivity index (χ2n) is 8.19. The average Bonchev–Trinajstić information content (AvgIpc) is 3.28. The minimum atomic E-state index is -0.450. The predicted octanol–water partition coefficient (Wildman–Crippen LogP) is 7.83. The number of aromatic amines is 1. The number of carbonyl (C=O) groups is 1. The zero-order valence-electron chi connectivity index (χ0n) is 20.0. The fourth-order valence-corrected chi connectivity index (χ4v) is 4.72. The number of halogens is 3. The van der Waals surface area contributed by atoms with Gasteiger partial charge in [-0.25, -0.2) is 9.18 Å². The van der Waals surface area contributed by atoms with Crippen LogP contribution in [-0.2, 0) is 0 Å². The highest BCUT2D eigenvalue weighted by atomic mass is 127. The van der Waals surface area contributed by atoms with Gasteiger partial charge in [-0.15, -0.1) is 0 Å². The SMILES string of the molecule is Cc1cccc(NC(=O)Nc2ccc(-c3ccc(Br)c4[nH]nc(N)c34)cc2)c1.N#Cc1c(F)cccc1I. The number of aromatic nitrogens is 2. The number of anilines is 3. The fourth-order valence-electron chi connectivity index (χ4n) is 3.72. The molecule has 7 nitrogen and oxygen atoms in total. The number of benzene rings is 4. The van der Waals surface area contributed by atoms with Crippen LogP contribution in [0, 0.1) is 27.6 Å². The van der Waals surface area contributed by atoms with Crippen LogP contribution in [0.3, 0.4) is 0 Å². The molecule has 5 aromatic rings. The summed E-state index contributed by atoms with van der Waals surface area (Å²) in [6.45, 7) is 1.98. The third-order valence-corrected chi connectivity index (χ3v) is 7.06. The van der Waals surface area contributed by atoms with Gasteiger partial charge in [-0.05, 0) is 105 Å². The zero-order valence-corrected chi connectivity index (χ0v) is 23.8. The number of hydrogen-bond donors (Lipinski definition) is 4. The Morgan fingerprint density at radius 3 is 2.42 bits per heavy atom. The highest BCUT2D eigenvalue weighted by molar-refractivity contribution is 14.1. The maximum absolute atomic E-state index is 12.6. The number of nitrogens with zero attached hydrogens (tertiary/aromatic N) is 2. The molecule has 0 saturated carbocycles. The Bertz CT molecular complexity index is 1640. The lowest BCUT2D eigenvalue weighted by molar-refractivity contribution is 0.262. The van der Waals surface area contributed by atoms with Gasteiger partial charge in [-0.3, -0.25) is 5.10 Å². The molecule has 0 fully saturated rings. The van der Waals surface area contributed by atoms with Gasteiger partial charge in [0.1, 0.15) is 17.4 Å². The van der Waals surface area contributed by atoms with Gasteiger partial charge >= 0.3 is 6.03 Å². The van der Waals surface area contributed by atoms with Gasteiger partial charge in [-0.2, -0.15) is 10.4 Å². The molecule has 0 radical (unpaired) electrons. The van der Waals surface area contributed by atoms with Crippen molar-refractivity contribution < 1.29 is 9.18 Å². The van der Waals surface area contributed by atoms with Crippen molar-refractivity contribution in [1.29, 1.82) is 5.26 Å². The molecule has 0 saturated heterocycles. The van der Waals surface area contributed by atoms with Crippen LogP contribution >= 0.6 is 38.5 Å². The number of amides is 2. The van der Waals surface area contributed by atoms with Crippen molar-refractivity contribution >= 4 is 72.6 Å². The number of nitriles is 1. The first kappa shape index (κ1) is 27.1. The number of fused-ring (bicyclic) bond motifs is 1. The summed E-state index contributed by atoms with van der Waals surface area (Å²) in [5.41, 5.74) is 11.5. The normalized spacial score (nSPS) is 10.3. The first-order valence-corrected chi connectivity index (χ1v) is 13.1. The van der Waals surface area contributed by atoms with Gasteiger partial charge in [0, 0.05) is 19.4 Å². The lowest BCUT2D eigenvalue weighted by Crippen LogP contribution is -2.19. The number of hydrogen-bond acceptors (Lipinski definition) is 4. The van der Waals surface area contributed by atoms with Crippen LogP contribution in [0.5, 0.6) is 0 Å². The van der Waals surface area contributed by atoms with Crippen LogP contribution in [0.4, 0.5) is 26.4 Å². The average molecular weight is 683 g/mol. The van der Waals surface area contributed by atoms with Crippen LogP contribution in [-0.4, -0.2) is 16.2 Å². The maximum atomic E-state index is 12.6. The largest absolute Gasteiger partial charge is 0.382 e. The molecule has 5 N–H and O–H groups in total. The van der Waals surface area contributed by atoms with E-state index >= 15 is 0 Å². The minimum Gasteiger partial charge on any atom is -0.382 e. The molecule has 2 amide bonds. The Kier molecular flexibility index (Phi) is 8.60. The van der Waals surface area contributed by atoms with Gasteiger partial charge in [-0.1, -0.05) is 36.4 Å². The molecule has 10 heteroatoms. The molecule has 0 aliphatic carbocycles. The van der Waals surface area contributed by atoms with E-state index in [1.165, 1.54) is 6.07 Å². The Morgan fingerprint density at radius 1 is 1.05 bits per heavy atom. The summed E-state index contributed by atoms with van der Waals surface area (Å²) in [6.07, 6.45) is 0. The Hall–Kier alpha value is -3.95. The first-order chi connectivity index (χ1) is 18.3. The molecular formula is C28H21BrFIN6O. The van der Waals surface area contributed by atoms with Gasteiger partial charge in [0.2, 0.25) is 0 Å². The summed E-state index contributed by atoms with van der Waals surface area (Å²) >= 11 is 5.43. The highest BCUT2D eigenvalue weighted by Crippen LogP contribution is 2.35. The number of rotatable bonds is 3. The molecule has 0 aliphatic heterocycles. The number of H-pyrrole nitrogens is 1. The standard InChI is InChI=1S/C21H18BrN5O.C7H3FIN/c1-12-3-2-4-15(11-12)25-21(28)24-14-7-5-13(6-8-14)16-9-10-17(22)19-18(16)20(23)27-26-19;8-6-2-1-3-7(9)5(6)4-10/h2-11H,1H3,(H3,23,26,27)(H2,24,25,28);1-3H. The van der Waals surface area contributed by atoms with Crippen molar-refractivity contribution in [1.82, 2.24) is 10.2 Å². The van der Waals surface area contributed by atoms with Crippen molar-refractivity contribution in [2.75, 3.05) is 16.4 Å². The number of nitrogen functional groups attached to an aromatic ring is 1. The van der Waals surface area contributed by atoms with Crippen molar-refractivity contribution in [2.24, 2.45) is 0 Å². The van der Waals surface area contributed by atoms with E-state index in [2.05, 4.69) is 36.8 Å². The van der Waals surface area contributed by atoms with E-state index in [0.717, 1.165) is 37.8 Å². The molecule has 1 aromatic heterocycles. The van der Waals surface area contributed by atoms with Crippen LogP contribution < -0.4 is 16.4 Å². The van der Waals surface area contributed by atoms with E-state index in [9.17, 15) is 9.18 Å². The number of nitrogens with one attached hydrogen (secondary N) is 3. The lowest BCUT2D eigenvalue weighted by atomic mass is 10.0. The number of nitrogens with two attached hydrogens (primary N) is 1. The summed E-state index contributed by atoms with van der Waals surface area (Å²) in [7, 11) is 0. The van der Waals surface area contributed by atoms with E-state index in [4.69, 9.17) is 11.0 Å². The molecule has 0 bridgehead atoms. The van der Waals surface area contributed by atoms with Crippen molar-refractivity contribution in [3.63, 3.8) is 0 Å². The predicted molar refractivity (Wildman–Crippen MR) is 161 cm³/mol. The van der Waals surface area contributed by atoms with Crippen LogP contribution in [0.15, 0.2) is 83.3 Å². The van der Waals surface area contributed by atoms with Crippen molar-refractivity contribution in [3.8, 4) is 17.2 Å². The number of carbonyl (C=O) groups excluding carboxylic acids is 1. The molecule has 0 unspecified atom stereocenters. The van der Waals surface area contributed by atoms with E-state index < -0.39 is 5.82 Å². The Labute approximate surface area is 240 Å². The van der Waals surface area contributed by atoms with Gasteiger partial charge in [0.25, 0.3) is 0 Å². The van der Waals surface area contributed by atoms with Crippen molar-refractivity contribution in [3.05, 3.63) is 104 Å². The molecule has 38 heavy (non-hydrogen) atoms. The summed E-state index contributed by atoms with van der Waals surface area (Å²) in [4.78, 5) is 12.2. The molecule has 0 atom stereocenters. The molecule has 0 spiro atoms. The van der Waals surface area contributed by atoms with E-state index in [0.29, 0.717) is 15.1 Å². The fraction of sp³-hybridized carbons (Fsp3) is 0.0357. The zero-order chi connectivity index (χ0) is 27.2. The van der Waals surface area contributed by atoms with Gasteiger partial charge in [0.05, 0.1) is 10.9 Å². The Balaban J connectivity index is 0.000000283. The van der Waals surface area contributed by atoms with E-state index in [1.54, 1.807) is 18.2 Å². The van der Waals surface area contributed by atoms with E-state index in [1.807, 2.05) is 90.2 Å². The van der Waals surface area contributed by atoms with Crippen LogP contribution in [0.1, 0.15) is 11.1 Å². The third kappa shape index (κ3) is 6.30. The quantitative estimate of drug-likeness (QED) is 0.145. The van der Waals surface area contributed by atoms with E-state index in [-0.39, 0.29) is 11.6 Å². The molecule has 0 aliphatic rings. The van der Waals surface area contributed by atoms with Crippen LogP contribution in [0.25, 0.3) is 22.0 Å². The summed E-state index contributed by atoms with van der Waals surface area (Å²) < 4.78 is 14.2. The third-order valence-electron chi connectivity index (χ3n) is 5.50. The summed E-state index contributed by atoms with van der Waals surface area (Å²) in [5, 5.41) is 22.0. The smallest absolute Gasteiger partial charge is 0.323 e. The minimum absolute atomic E-state index is 0.128. The second kappa shape index (κ2) is 12.1. The van der Waals surface area contributed by atoms with Gasteiger partial charge in [0.15, 0.2) is 5.82 Å². The molecule has 4 aromatic carbocycles. The number of urea groups is 1. The molecule has 1 heterocycles. The van der Waals surface area contributed by atoms with Crippen molar-refractivity contribution in [2.45, 2.75) is 6.92 Å². The number of aryl methyl sites for hydroxylation is 1. The lowest BCUT2D eigenvalue weighted by Gasteiger charge is -2.10. The monoisotopic (exact) mass is 682 g/mol.